The molecule has 0 radical (unpaired) electrons. The van der Waals surface area contributed by atoms with Gasteiger partial charge in [-0.25, -0.2) is 4.79 Å². The van der Waals surface area contributed by atoms with Gasteiger partial charge in [0.25, 0.3) is 0 Å². The maximum absolute atomic E-state index is 11.8. The van der Waals surface area contributed by atoms with Crippen LogP contribution in [0, 0.1) is 5.41 Å². The number of esters is 1. The molecule has 19 heavy (non-hydrogen) atoms. The predicted octanol–water partition coefficient (Wildman–Crippen LogP) is 3.36. The first-order chi connectivity index (χ1) is 8.51. The highest BCUT2D eigenvalue weighted by Crippen LogP contribution is 2.28. The summed E-state index contributed by atoms with van der Waals surface area (Å²) < 4.78 is 5.27. The van der Waals surface area contributed by atoms with E-state index in [4.69, 9.17) is 9.84 Å². The number of carbonyl (C=O) groups is 2. The van der Waals surface area contributed by atoms with Crippen molar-refractivity contribution in [2.45, 2.75) is 46.6 Å². The molecule has 0 spiro atoms. The van der Waals surface area contributed by atoms with Crippen LogP contribution in [0.5, 0.6) is 0 Å². The molecule has 0 saturated heterocycles. The molecule has 0 bridgehead atoms. The maximum atomic E-state index is 11.8. The minimum Gasteiger partial charge on any atom is -0.481 e. The number of carboxylic acid groups (broad SMARTS) is 1. The molecule has 1 rings (SSSR count). The zero-order chi connectivity index (χ0) is 14.8. The maximum Gasteiger partial charge on any atom is 0.348 e. The van der Waals surface area contributed by atoms with E-state index < -0.39 is 17.0 Å². The van der Waals surface area contributed by atoms with Crippen LogP contribution in [0.2, 0.25) is 0 Å². The Morgan fingerprint density at radius 1 is 1.21 bits per heavy atom. The number of rotatable bonds is 4. The van der Waals surface area contributed by atoms with E-state index in [2.05, 4.69) is 0 Å². The van der Waals surface area contributed by atoms with Crippen molar-refractivity contribution in [1.29, 1.82) is 0 Å². The highest BCUT2D eigenvalue weighted by Gasteiger charge is 2.28. The van der Waals surface area contributed by atoms with Crippen LogP contribution in [0.25, 0.3) is 0 Å². The standard InChI is InChI=1S/C14H20O4S/c1-13(2,3)18-11(15)10-7-6-9(19-10)8-14(4,5)12(16)17/h6-7H,8H2,1-5H3,(H,16,17). The third kappa shape index (κ3) is 4.67. The lowest BCUT2D eigenvalue weighted by molar-refractivity contribution is -0.146. The van der Waals surface area contributed by atoms with E-state index in [1.807, 2.05) is 20.8 Å². The van der Waals surface area contributed by atoms with Gasteiger partial charge in [-0.2, -0.15) is 0 Å². The Bertz CT molecular complexity index is 480. The summed E-state index contributed by atoms with van der Waals surface area (Å²) in [4.78, 5) is 24.3. The quantitative estimate of drug-likeness (QED) is 0.861. The fourth-order valence-corrected chi connectivity index (χ4v) is 2.53. The van der Waals surface area contributed by atoms with Crippen LogP contribution in [0.15, 0.2) is 12.1 Å². The van der Waals surface area contributed by atoms with Gasteiger partial charge >= 0.3 is 11.9 Å². The lowest BCUT2D eigenvalue weighted by Crippen LogP contribution is -2.25. The van der Waals surface area contributed by atoms with Crippen molar-refractivity contribution in [3.63, 3.8) is 0 Å². The Morgan fingerprint density at radius 3 is 2.26 bits per heavy atom. The molecule has 106 valence electrons. The number of aliphatic carboxylic acids is 1. The SMILES string of the molecule is CC(C)(C)OC(=O)c1ccc(CC(C)(C)C(=O)O)s1. The molecule has 0 aromatic carbocycles. The average molecular weight is 284 g/mol. The van der Waals surface area contributed by atoms with Gasteiger partial charge in [0.05, 0.1) is 5.41 Å². The van der Waals surface area contributed by atoms with Crippen LogP contribution in [0.3, 0.4) is 0 Å². The van der Waals surface area contributed by atoms with Crippen LogP contribution in [0.4, 0.5) is 0 Å². The van der Waals surface area contributed by atoms with Crippen LogP contribution >= 0.6 is 11.3 Å². The molecular weight excluding hydrogens is 264 g/mol. The van der Waals surface area contributed by atoms with E-state index in [-0.39, 0.29) is 5.97 Å². The van der Waals surface area contributed by atoms with Crippen molar-refractivity contribution >= 4 is 23.3 Å². The smallest absolute Gasteiger partial charge is 0.348 e. The second-order valence-electron chi connectivity index (χ2n) is 6.13. The van der Waals surface area contributed by atoms with E-state index >= 15 is 0 Å². The predicted molar refractivity (Wildman–Crippen MR) is 74.6 cm³/mol. The first-order valence-corrected chi connectivity index (χ1v) is 6.88. The van der Waals surface area contributed by atoms with Crippen LogP contribution < -0.4 is 0 Å². The van der Waals surface area contributed by atoms with Crippen molar-refractivity contribution in [3.8, 4) is 0 Å². The molecule has 0 unspecified atom stereocenters. The number of hydrogen-bond acceptors (Lipinski definition) is 4. The third-order valence-electron chi connectivity index (χ3n) is 2.46. The van der Waals surface area contributed by atoms with Crippen molar-refractivity contribution in [3.05, 3.63) is 21.9 Å². The molecule has 1 N–H and O–H groups in total. The van der Waals surface area contributed by atoms with Crippen molar-refractivity contribution in [1.82, 2.24) is 0 Å². The largest absolute Gasteiger partial charge is 0.481 e. The Hall–Kier alpha value is -1.36. The Morgan fingerprint density at radius 2 is 1.79 bits per heavy atom. The molecule has 1 aromatic heterocycles. The van der Waals surface area contributed by atoms with Crippen LogP contribution in [0.1, 0.15) is 49.2 Å². The molecular formula is C14H20O4S. The van der Waals surface area contributed by atoms with Gasteiger partial charge < -0.3 is 9.84 Å². The van der Waals surface area contributed by atoms with Gasteiger partial charge in [-0.05, 0) is 53.2 Å². The molecule has 4 nitrogen and oxygen atoms in total. The Kier molecular flexibility index (Phi) is 4.40. The Balaban J connectivity index is 2.78. The monoisotopic (exact) mass is 284 g/mol. The lowest BCUT2D eigenvalue weighted by Gasteiger charge is -2.19. The van der Waals surface area contributed by atoms with Gasteiger partial charge in [0.1, 0.15) is 10.5 Å². The van der Waals surface area contributed by atoms with Gasteiger partial charge in [-0.1, -0.05) is 0 Å². The van der Waals surface area contributed by atoms with Crippen LogP contribution in [-0.4, -0.2) is 22.6 Å². The van der Waals surface area contributed by atoms with E-state index in [0.717, 1.165) is 4.88 Å². The molecule has 0 aliphatic rings. The summed E-state index contributed by atoms with van der Waals surface area (Å²) in [5.74, 6) is -1.21. The number of thiophene rings is 1. The average Bonchev–Trinajstić information content (AvgIpc) is 2.62. The highest BCUT2D eigenvalue weighted by molar-refractivity contribution is 7.13. The van der Waals surface area contributed by atoms with E-state index in [1.165, 1.54) is 11.3 Å². The van der Waals surface area contributed by atoms with E-state index in [9.17, 15) is 9.59 Å². The summed E-state index contributed by atoms with van der Waals surface area (Å²) in [6, 6.07) is 3.47. The lowest BCUT2D eigenvalue weighted by atomic mass is 9.89. The van der Waals surface area contributed by atoms with Gasteiger partial charge in [0.2, 0.25) is 0 Å². The third-order valence-corrected chi connectivity index (χ3v) is 3.52. The highest BCUT2D eigenvalue weighted by atomic mass is 32.1. The van der Waals surface area contributed by atoms with Crippen molar-refractivity contribution in [2.75, 3.05) is 0 Å². The minimum absolute atomic E-state index is 0.364. The van der Waals surface area contributed by atoms with Gasteiger partial charge in [-0.15, -0.1) is 11.3 Å². The fraction of sp³-hybridized carbons (Fsp3) is 0.571. The zero-order valence-electron chi connectivity index (χ0n) is 11.9. The molecule has 0 fully saturated rings. The molecule has 0 atom stereocenters. The summed E-state index contributed by atoms with van der Waals surface area (Å²) in [6.07, 6.45) is 0.399. The molecule has 1 heterocycles. The molecule has 5 heteroatoms. The molecule has 0 amide bonds. The topological polar surface area (TPSA) is 63.6 Å². The summed E-state index contributed by atoms with van der Waals surface area (Å²) in [5.41, 5.74) is -1.36. The van der Waals surface area contributed by atoms with Crippen LogP contribution in [-0.2, 0) is 16.0 Å². The second kappa shape index (κ2) is 5.33. The summed E-state index contributed by atoms with van der Waals surface area (Å²) in [6.45, 7) is 8.78. The number of ether oxygens (including phenoxy) is 1. The second-order valence-corrected chi connectivity index (χ2v) is 7.30. The minimum atomic E-state index is -0.847. The molecule has 0 saturated carbocycles. The van der Waals surface area contributed by atoms with Gasteiger partial charge in [0.15, 0.2) is 0 Å². The van der Waals surface area contributed by atoms with E-state index in [1.54, 1.807) is 26.0 Å². The van der Waals surface area contributed by atoms with Crippen molar-refractivity contribution < 1.29 is 19.4 Å². The zero-order valence-corrected chi connectivity index (χ0v) is 12.8. The first kappa shape index (κ1) is 15.7. The first-order valence-electron chi connectivity index (χ1n) is 6.07. The van der Waals surface area contributed by atoms with Gasteiger partial charge in [0, 0.05) is 4.88 Å². The fourth-order valence-electron chi connectivity index (χ4n) is 1.42. The number of carboxylic acids is 1. The Labute approximate surface area is 117 Å². The summed E-state index contributed by atoms with van der Waals surface area (Å²) in [7, 11) is 0. The number of carbonyl (C=O) groups excluding carboxylic acids is 1. The summed E-state index contributed by atoms with van der Waals surface area (Å²) in [5, 5.41) is 9.08. The van der Waals surface area contributed by atoms with E-state index in [0.29, 0.717) is 11.3 Å². The molecule has 0 aliphatic heterocycles. The van der Waals surface area contributed by atoms with Gasteiger partial charge in [-0.3, -0.25) is 4.79 Å². The van der Waals surface area contributed by atoms with Crippen molar-refractivity contribution in [2.24, 2.45) is 5.41 Å². The normalized spacial score (nSPS) is 12.3. The molecule has 0 aliphatic carbocycles. The summed E-state index contributed by atoms with van der Waals surface area (Å²) >= 11 is 1.29. The number of hydrogen-bond donors (Lipinski definition) is 1. The molecule has 1 aromatic rings.